The highest BCUT2D eigenvalue weighted by Crippen LogP contribution is 2.61. The van der Waals surface area contributed by atoms with E-state index in [9.17, 15) is 0 Å². The summed E-state index contributed by atoms with van der Waals surface area (Å²) in [7, 11) is 0. The molecule has 4 nitrogen and oxygen atoms in total. The van der Waals surface area contributed by atoms with Crippen molar-refractivity contribution in [3.8, 4) is 0 Å². The summed E-state index contributed by atoms with van der Waals surface area (Å²) in [5, 5.41) is 19.6. The van der Waals surface area contributed by atoms with E-state index in [1.165, 1.54) is 89.1 Å². The van der Waals surface area contributed by atoms with Gasteiger partial charge in [0.25, 0.3) is 0 Å². The first-order valence-corrected chi connectivity index (χ1v) is 34.9. The van der Waals surface area contributed by atoms with Crippen LogP contribution in [0.15, 0.2) is 364 Å². The number of rotatable bonds is 12. The van der Waals surface area contributed by atoms with Crippen LogP contribution in [-0.4, -0.2) is 48.3 Å². The first-order valence-electron chi connectivity index (χ1n) is 34.9. The van der Waals surface area contributed by atoms with Gasteiger partial charge in [0.05, 0.1) is 0 Å². The van der Waals surface area contributed by atoms with Crippen LogP contribution in [-0.2, 0) is 0 Å². The Morgan fingerprint density at radius 3 is 0.427 bits per heavy atom. The first kappa shape index (κ1) is 59.7. The van der Waals surface area contributed by atoms with E-state index in [0.717, 1.165) is 0 Å². The Morgan fingerprint density at radius 1 is 0.135 bits per heavy atom. The molecule has 2 fully saturated rings. The standard InChI is InChI=1S/C92H80N4/c1-13-37-61(38-14-1)73-74(62-39-15-2-16-40-62)86-82(70-55-31-10-32-56-70)88-77(65-45-21-5-22-46-65)78(66-47-23-6-24-48-66)90(95-88)84(72-59-35-12-36-60-72)92-80(68-51-27-8-28-52-68)79(67-49-25-7-26-50-67)91(96-92)83(71-57-33-11-34-58-71)89-76(64-43-19-4-20-44-64)75(63-41-17-3-18-42-63)87(94-89)81(85(73)93-86)69-53-29-9-30-54-69/h1-60,73-74,79-96H. The molecule has 0 aromatic heterocycles. The number of fused-ring (bicyclic) bond motifs is 10. The van der Waals surface area contributed by atoms with Gasteiger partial charge in [0.1, 0.15) is 0 Å². The predicted molar refractivity (Wildman–Crippen MR) is 396 cm³/mol. The van der Waals surface area contributed by atoms with Gasteiger partial charge in [0.15, 0.2) is 0 Å². The summed E-state index contributed by atoms with van der Waals surface area (Å²) in [5.74, 6) is -0.493. The van der Waals surface area contributed by atoms with Gasteiger partial charge in [-0.1, -0.05) is 364 Å². The van der Waals surface area contributed by atoms with E-state index in [4.69, 9.17) is 21.3 Å². The van der Waals surface area contributed by atoms with E-state index < -0.39 is 0 Å². The van der Waals surface area contributed by atoms with Gasteiger partial charge in [-0.3, -0.25) is 0 Å². The Labute approximate surface area is 566 Å². The molecule has 4 N–H and O–H groups in total. The quantitative estimate of drug-likeness (QED) is 0.0985. The molecule has 17 rings (SSSR count). The lowest BCUT2D eigenvalue weighted by molar-refractivity contribution is 0.314. The van der Waals surface area contributed by atoms with E-state index >= 15 is 0 Å². The predicted octanol–water partition coefficient (Wildman–Crippen LogP) is 18.9. The second-order valence-electron chi connectivity index (χ2n) is 27.3. The molecule has 0 amide bonds. The monoisotopic (exact) mass is 1240 g/mol. The lowest BCUT2D eigenvalue weighted by Gasteiger charge is -2.40. The zero-order chi connectivity index (χ0) is 63.7. The minimum absolute atomic E-state index is 0.00698. The average molecular weight is 1240 g/mol. The third-order valence-corrected chi connectivity index (χ3v) is 22.4. The molecule has 4 heteroatoms. The first-order chi connectivity index (χ1) is 47.7. The Bertz CT molecular complexity index is 3990. The SMILES string of the molecule is c1ccc(C2=C(c3ccccc3)C3NC2C(c2ccccc2)C2NC(C(c4ccccc4)C4NC(C(c5ccccc5)=C4c4ccccc4)C(c4ccccc4)C4NC(C3c3ccccc3)C(c3ccccc3)C4c3ccccc3)C(c3ccccc3)C2c2ccccc2)cc1. The normalized spacial score (nSPS) is 27.8. The van der Waals surface area contributed by atoms with Gasteiger partial charge in [-0.05, 0) is 89.1 Å². The van der Waals surface area contributed by atoms with Gasteiger partial charge in [0, 0.05) is 95.7 Å². The molecule has 468 valence electrons. The van der Waals surface area contributed by atoms with Crippen LogP contribution in [0, 0.1) is 0 Å². The van der Waals surface area contributed by atoms with Crippen LogP contribution in [0.2, 0.25) is 0 Å². The summed E-state index contributed by atoms with van der Waals surface area (Å²) >= 11 is 0. The maximum Gasteiger partial charge on any atom is 0.0419 e. The van der Waals surface area contributed by atoms with Crippen molar-refractivity contribution in [2.75, 3.05) is 0 Å². The molecular weight excluding hydrogens is 1160 g/mol. The summed E-state index contributed by atoms with van der Waals surface area (Å²) in [4.78, 5) is 0. The fourth-order valence-corrected chi connectivity index (χ4v) is 18.9. The molecule has 16 atom stereocenters. The molecule has 1 aliphatic carbocycles. The Hall–Kier alpha value is -10.0. The topological polar surface area (TPSA) is 48.1 Å². The van der Waals surface area contributed by atoms with Crippen molar-refractivity contribution in [3.63, 3.8) is 0 Å². The second-order valence-corrected chi connectivity index (χ2v) is 27.3. The smallest absolute Gasteiger partial charge is 0.0419 e. The van der Waals surface area contributed by atoms with Gasteiger partial charge in [-0.25, -0.2) is 0 Å². The van der Waals surface area contributed by atoms with Crippen molar-refractivity contribution >= 4 is 22.3 Å². The maximum absolute atomic E-state index is 4.92. The van der Waals surface area contributed by atoms with Crippen molar-refractivity contribution in [2.45, 2.75) is 95.7 Å². The van der Waals surface area contributed by atoms with Crippen molar-refractivity contribution < 1.29 is 0 Å². The van der Waals surface area contributed by atoms with Crippen LogP contribution >= 0.6 is 0 Å². The number of nitrogens with one attached hydrogen (secondary N) is 4. The molecule has 4 heterocycles. The molecular formula is C92H80N4. The van der Waals surface area contributed by atoms with E-state index in [0.29, 0.717) is 0 Å². The van der Waals surface area contributed by atoms with Crippen molar-refractivity contribution in [3.05, 3.63) is 431 Å². The molecule has 2 saturated heterocycles. The van der Waals surface area contributed by atoms with E-state index in [1.807, 2.05) is 0 Å². The van der Waals surface area contributed by atoms with Gasteiger partial charge in [0.2, 0.25) is 0 Å². The highest BCUT2D eigenvalue weighted by Gasteiger charge is 2.60. The summed E-state index contributed by atoms with van der Waals surface area (Å²) in [6.45, 7) is 0. The van der Waals surface area contributed by atoms with E-state index in [1.54, 1.807) is 0 Å². The Balaban J connectivity index is 1.04. The number of hydrogen-bond donors (Lipinski definition) is 4. The molecule has 96 heavy (non-hydrogen) atoms. The fraction of sp³-hybridized carbons (Fsp3) is 0.174. The van der Waals surface area contributed by atoms with E-state index in [-0.39, 0.29) is 95.7 Å². The Morgan fingerprint density at radius 2 is 0.271 bits per heavy atom. The van der Waals surface area contributed by atoms with Crippen LogP contribution in [0.4, 0.5) is 0 Å². The van der Waals surface area contributed by atoms with E-state index in [2.05, 4.69) is 364 Å². The van der Waals surface area contributed by atoms with Crippen LogP contribution in [0.3, 0.4) is 0 Å². The molecule has 16 unspecified atom stereocenters. The summed E-state index contributed by atoms with van der Waals surface area (Å²) in [5.41, 5.74) is 21.0. The molecule has 0 spiro atoms. The second kappa shape index (κ2) is 26.6. The van der Waals surface area contributed by atoms with Crippen molar-refractivity contribution in [1.82, 2.24) is 21.3 Å². The van der Waals surface area contributed by atoms with Crippen molar-refractivity contribution in [1.29, 1.82) is 0 Å². The largest absolute Gasteiger partial charge is 0.309 e. The lowest BCUT2D eigenvalue weighted by Crippen LogP contribution is -2.54. The summed E-state index contributed by atoms with van der Waals surface area (Å²) in [6, 6.07) is 138. The minimum Gasteiger partial charge on any atom is -0.309 e. The highest BCUT2D eigenvalue weighted by molar-refractivity contribution is 6.00. The lowest BCUT2D eigenvalue weighted by atomic mass is 9.67. The van der Waals surface area contributed by atoms with Crippen molar-refractivity contribution in [2.24, 2.45) is 0 Å². The molecule has 12 aromatic carbocycles. The van der Waals surface area contributed by atoms with Gasteiger partial charge >= 0.3 is 0 Å². The summed E-state index contributed by atoms with van der Waals surface area (Å²) in [6.07, 6.45) is 0. The third-order valence-electron chi connectivity index (χ3n) is 22.4. The number of benzene rings is 12. The minimum atomic E-state index is -0.198. The molecule has 12 aromatic rings. The van der Waals surface area contributed by atoms with Crippen LogP contribution in [0.25, 0.3) is 22.3 Å². The molecule has 5 aliphatic rings. The average Bonchev–Trinajstić information content (AvgIpc) is 1.56. The van der Waals surface area contributed by atoms with Gasteiger partial charge in [-0.2, -0.15) is 0 Å². The molecule has 0 saturated carbocycles. The van der Waals surface area contributed by atoms with Gasteiger partial charge < -0.3 is 21.3 Å². The fourth-order valence-electron chi connectivity index (χ4n) is 18.9. The zero-order valence-electron chi connectivity index (χ0n) is 53.9. The number of hydrogen-bond acceptors (Lipinski definition) is 4. The Kier molecular flexibility index (Phi) is 16.6. The zero-order valence-corrected chi connectivity index (χ0v) is 53.9. The molecule has 8 bridgehead atoms. The maximum atomic E-state index is 4.92. The van der Waals surface area contributed by atoms with Crippen LogP contribution < -0.4 is 21.3 Å². The highest BCUT2D eigenvalue weighted by atomic mass is 15.1. The van der Waals surface area contributed by atoms with Gasteiger partial charge in [-0.15, -0.1) is 0 Å². The molecule has 4 aliphatic heterocycles. The third kappa shape index (κ3) is 10.9. The molecule has 0 radical (unpaired) electrons. The van der Waals surface area contributed by atoms with Crippen LogP contribution in [0.5, 0.6) is 0 Å². The summed E-state index contributed by atoms with van der Waals surface area (Å²) < 4.78 is 0. The van der Waals surface area contributed by atoms with Crippen LogP contribution in [0.1, 0.15) is 114 Å².